The van der Waals surface area contributed by atoms with Crippen molar-refractivity contribution in [1.29, 1.82) is 0 Å². The van der Waals surface area contributed by atoms with Crippen molar-refractivity contribution < 1.29 is 4.79 Å². The fraction of sp³-hybridized carbons (Fsp3) is 0.538. The molecule has 1 aliphatic carbocycles. The van der Waals surface area contributed by atoms with Crippen molar-refractivity contribution >= 4 is 40.1 Å². The van der Waals surface area contributed by atoms with Crippen LogP contribution in [0.5, 0.6) is 0 Å². The van der Waals surface area contributed by atoms with Crippen LogP contribution in [-0.4, -0.2) is 69.2 Å². The Morgan fingerprint density at radius 2 is 1.78 bits per heavy atom. The largest absolute Gasteiger partial charge is 0.353 e. The number of hydrogen-bond acceptors (Lipinski definition) is 10. The molecule has 6 heterocycles. The van der Waals surface area contributed by atoms with Gasteiger partial charge in [0, 0.05) is 74.3 Å². The van der Waals surface area contributed by atoms with E-state index in [1.165, 1.54) is 25.7 Å². The van der Waals surface area contributed by atoms with Crippen molar-refractivity contribution in [2.24, 2.45) is 0 Å². The number of aromatic nitrogens is 5. The Balaban J connectivity index is 1.21. The van der Waals surface area contributed by atoms with E-state index in [0.717, 1.165) is 60.8 Å². The van der Waals surface area contributed by atoms with Gasteiger partial charge in [-0.2, -0.15) is 0 Å². The fourth-order valence-electron chi connectivity index (χ4n) is 6.39. The van der Waals surface area contributed by atoms with E-state index in [-0.39, 0.29) is 5.92 Å². The fourth-order valence-corrected chi connectivity index (χ4v) is 6.39. The summed E-state index contributed by atoms with van der Waals surface area (Å²) < 4.78 is 0. The normalized spacial score (nSPS) is 25.8. The molecule has 1 saturated carbocycles. The Morgan fingerprint density at radius 1 is 0.972 bits per heavy atom. The first-order valence-electron chi connectivity index (χ1n) is 13.3. The molecule has 4 aliphatic rings. The van der Waals surface area contributed by atoms with Gasteiger partial charge in [-0.3, -0.25) is 4.79 Å². The van der Waals surface area contributed by atoms with Crippen LogP contribution in [0.4, 0.5) is 23.4 Å². The lowest BCUT2D eigenvalue weighted by Gasteiger charge is -2.27. The molecule has 3 aromatic heterocycles. The predicted octanol–water partition coefficient (Wildman–Crippen LogP) is 2.94. The van der Waals surface area contributed by atoms with Crippen molar-refractivity contribution in [2.45, 2.75) is 62.9 Å². The van der Waals surface area contributed by atoms with Gasteiger partial charge in [0.15, 0.2) is 17.5 Å². The van der Waals surface area contributed by atoms with E-state index >= 15 is 0 Å². The monoisotopic (exact) mass is 485 g/mol. The SMILES string of the molecule is O=C1CCC(c2cc3cnc(Nc4ccc(N5CCNCC5)nn4)nc3c(N3C4CCC3CC4)n2)C1. The number of anilines is 4. The molecular formula is C26H31N9O. The van der Waals surface area contributed by atoms with Gasteiger partial charge in [0.05, 0.1) is 0 Å². The zero-order valence-electron chi connectivity index (χ0n) is 20.4. The lowest BCUT2D eigenvalue weighted by atomic mass is 10.0. The summed E-state index contributed by atoms with van der Waals surface area (Å²) in [5.41, 5.74) is 1.87. The van der Waals surface area contributed by atoms with Crippen LogP contribution in [0.15, 0.2) is 24.4 Å². The second-order valence-corrected chi connectivity index (χ2v) is 10.5. The van der Waals surface area contributed by atoms with Gasteiger partial charge in [-0.15, -0.1) is 10.2 Å². The highest BCUT2D eigenvalue weighted by molar-refractivity contribution is 5.90. The van der Waals surface area contributed by atoms with Gasteiger partial charge in [0.1, 0.15) is 11.3 Å². The second kappa shape index (κ2) is 8.92. The van der Waals surface area contributed by atoms with Gasteiger partial charge in [-0.05, 0) is 50.3 Å². The third-order valence-electron chi connectivity index (χ3n) is 8.26. The van der Waals surface area contributed by atoms with Crippen LogP contribution in [0.1, 0.15) is 56.6 Å². The van der Waals surface area contributed by atoms with Gasteiger partial charge in [0.25, 0.3) is 0 Å². The molecular weight excluding hydrogens is 454 g/mol. The highest BCUT2D eigenvalue weighted by Gasteiger charge is 2.41. The highest BCUT2D eigenvalue weighted by atomic mass is 16.1. The van der Waals surface area contributed by atoms with Crippen LogP contribution < -0.4 is 20.4 Å². The molecule has 3 aliphatic heterocycles. The first kappa shape index (κ1) is 21.8. The van der Waals surface area contributed by atoms with Gasteiger partial charge >= 0.3 is 0 Å². The number of nitrogens with one attached hydrogen (secondary N) is 2. The minimum absolute atomic E-state index is 0.197. The van der Waals surface area contributed by atoms with Crippen molar-refractivity contribution in [1.82, 2.24) is 30.5 Å². The van der Waals surface area contributed by atoms with E-state index in [2.05, 4.69) is 41.7 Å². The highest BCUT2D eigenvalue weighted by Crippen LogP contribution is 2.43. The van der Waals surface area contributed by atoms with E-state index in [9.17, 15) is 4.79 Å². The summed E-state index contributed by atoms with van der Waals surface area (Å²) in [5.74, 6) is 3.48. The molecule has 3 aromatic rings. The van der Waals surface area contributed by atoms with Crippen LogP contribution in [0.3, 0.4) is 0 Å². The first-order chi connectivity index (χ1) is 17.7. The van der Waals surface area contributed by atoms with Crippen LogP contribution in [0, 0.1) is 0 Å². The molecule has 0 radical (unpaired) electrons. The summed E-state index contributed by atoms with van der Waals surface area (Å²) in [5, 5.41) is 16.4. The number of rotatable bonds is 5. The van der Waals surface area contributed by atoms with E-state index < -0.39 is 0 Å². The number of carbonyl (C=O) groups is 1. The molecule has 10 heteroatoms. The van der Waals surface area contributed by atoms with E-state index in [1.54, 1.807) is 0 Å². The smallest absolute Gasteiger partial charge is 0.229 e. The Kier molecular flexibility index (Phi) is 5.41. The van der Waals surface area contributed by atoms with Crippen LogP contribution in [0.2, 0.25) is 0 Å². The topological polar surface area (TPSA) is 112 Å². The third kappa shape index (κ3) is 3.93. The first-order valence-corrected chi connectivity index (χ1v) is 13.3. The maximum Gasteiger partial charge on any atom is 0.229 e. The number of Topliss-reactive ketones (excluding diaryl/α,β-unsaturated/α-hetero) is 1. The number of fused-ring (bicyclic) bond motifs is 3. The number of nitrogens with zero attached hydrogens (tertiary/aromatic N) is 7. The minimum Gasteiger partial charge on any atom is -0.353 e. The summed E-state index contributed by atoms with van der Waals surface area (Å²) in [6, 6.07) is 7.07. The van der Waals surface area contributed by atoms with Crippen molar-refractivity contribution in [3.05, 3.63) is 30.1 Å². The van der Waals surface area contributed by atoms with E-state index in [0.29, 0.717) is 42.5 Å². The van der Waals surface area contributed by atoms with Gasteiger partial charge in [-0.25, -0.2) is 15.0 Å². The molecule has 186 valence electrons. The summed E-state index contributed by atoms with van der Waals surface area (Å²) >= 11 is 0. The Hall–Kier alpha value is -3.40. The molecule has 4 fully saturated rings. The summed E-state index contributed by atoms with van der Waals surface area (Å²) in [7, 11) is 0. The molecule has 0 spiro atoms. The molecule has 3 saturated heterocycles. The average molecular weight is 486 g/mol. The molecule has 1 atom stereocenters. The number of carbonyl (C=O) groups excluding carboxylic acids is 1. The molecule has 7 rings (SSSR count). The molecule has 2 N–H and O–H groups in total. The van der Waals surface area contributed by atoms with Crippen LogP contribution in [-0.2, 0) is 4.79 Å². The Labute approximate surface area is 209 Å². The maximum atomic E-state index is 12.0. The summed E-state index contributed by atoms with van der Waals surface area (Å²) in [6.07, 6.45) is 8.85. The lowest BCUT2D eigenvalue weighted by Crippen LogP contribution is -2.43. The standard InChI is InChI=1S/C26H31N9O/c36-20-6-1-16(13-20)21-14-17-15-28-26(30-22-7-8-23(33-32-22)34-11-9-27-10-12-34)31-24(17)25(29-21)35-18-2-3-19(35)5-4-18/h7-8,14-16,18-19,27H,1-6,9-13H2,(H,28,30,31,32). The van der Waals surface area contributed by atoms with E-state index in [4.69, 9.17) is 9.97 Å². The van der Waals surface area contributed by atoms with Crippen molar-refractivity contribution in [3.63, 3.8) is 0 Å². The number of ketones is 1. The van der Waals surface area contributed by atoms with E-state index in [1.807, 2.05) is 18.3 Å². The number of piperazine rings is 1. The van der Waals surface area contributed by atoms with Crippen LogP contribution in [0.25, 0.3) is 10.9 Å². The Morgan fingerprint density at radius 3 is 2.47 bits per heavy atom. The zero-order valence-corrected chi connectivity index (χ0v) is 20.4. The molecule has 0 aromatic carbocycles. The second-order valence-electron chi connectivity index (χ2n) is 10.5. The van der Waals surface area contributed by atoms with Crippen molar-refractivity contribution in [3.8, 4) is 0 Å². The average Bonchev–Trinajstić information content (AvgIpc) is 3.65. The predicted molar refractivity (Wildman–Crippen MR) is 138 cm³/mol. The van der Waals surface area contributed by atoms with Crippen LogP contribution >= 0.6 is 0 Å². The summed E-state index contributed by atoms with van der Waals surface area (Å²) in [6.45, 7) is 3.78. The number of pyridine rings is 1. The molecule has 2 bridgehead atoms. The lowest BCUT2D eigenvalue weighted by molar-refractivity contribution is -0.117. The minimum atomic E-state index is 0.197. The van der Waals surface area contributed by atoms with Gasteiger partial charge in [-0.1, -0.05) is 0 Å². The number of hydrogen-bond donors (Lipinski definition) is 2. The molecule has 10 nitrogen and oxygen atoms in total. The molecule has 0 amide bonds. The third-order valence-corrected chi connectivity index (χ3v) is 8.26. The quantitative estimate of drug-likeness (QED) is 0.559. The van der Waals surface area contributed by atoms with Gasteiger partial charge in [0.2, 0.25) is 5.95 Å². The van der Waals surface area contributed by atoms with Crippen molar-refractivity contribution in [2.75, 3.05) is 41.3 Å². The Bertz CT molecular complexity index is 1270. The maximum absolute atomic E-state index is 12.0. The summed E-state index contributed by atoms with van der Waals surface area (Å²) in [4.78, 5) is 31.4. The molecule has 36 heavy (non-hydrogen) atoms. The zero-order chi connectivity index (χ0) is 24.1. The molecule has 1 unspecified atom stereocenters. The van der Waals surface area contributed by atoms with Gasteiger partial charge < -0.3 is 20.4 Å².